The number of carbonyl (C=O) groups is 1. The van der Waals surface area contributed by atoms with Gasteiger partial charge < -0.3 is 10.0 Å². The number of nitrogens with zero attached hydrogens (tertiary/aromatic N) is 1. The van der Waals surface area contributed by atoms with Crippen molar-refractivity contribution in [2.24, 2.45) is 5.84 Å². The number of amides is 1. The summed E-state index contributed by atoms with van der Waals surface area (Å²) in [6.45, 7) is 5.59. The average molecular weight is 367 g/mol. The molecule has 2 aliphatic rings. The second kappa shape index (κ2) is 8.65. The number of hydrogen-bond acceptors (Lipinski definition) is 4. The van der Waals surface area contributed by atoms with E-state index in [1.54, 1.807) is 0 Å². The van der Waals surface area contributed by atoms with Gasteiger partial charge in [-0.25, -0.2) is 0 Å². The number of nitrogens with two attached hydrogens (primary N) is 1. The molecule has 1 atom stereocenters. The fourth-order valence-electron chi connectivity index (χ4n) is 3.73. The van der Waals surface area contributed by atoms with E-state index in [0.717, 1.165) is 12.8 Å². The van der Waals surface area contributed by atoms with Gasteiger partial charge in [-0.3, -0.25) is 16.1 Å². The van der Waals surface area contributed by atoms with E-state index in [-0.39, 0.29) is 25.0 Å². The van der Waals surface area contributed by atoms with Crippen LogP contribution >= 0.6 is 0 Å². The van der Waals surface area contributed by atoms with Gasteiger partial charge in [0, 0.05) is 19.5 Å². The van der Waals surface area contributed by atoms with E-state index in [0.29, 0.717) is 13.1 Å². The predicted octanol–water partition coefficient (Wildman–Crippen LogP) is 2.64. The molecule has 27 heavy (non-hydrogen) atoms. The van der Waals surface area contributed by atoms with Crippen molar-refractivity contribution < 1.29 is 9.90 Å². The summed E-state index contributed by atoms with van der Waals surface area (Å²) in [6.07, 6.45) is 6.52. The van der Waals surface area contributed by atoms with Crippen molar-refractivity contribution in [2.45, 2.75) is 39.2 Å². The molecular formula is C22H29N3O2. The first-order valence-electron chi connectivity index (χ1n) is 9.56. The highest BCUT2D eigenvalue weighted by molar-refractivity contribution is 5.86. The number of aliphatic hydroxyl groups is 1. The van der Waals surface area contributed by atoms with Gasteiger partial charge in [0.1, 0.15) is 0 Å². The van der Waals surface area contributed by atoms with E-state index in [9.17, 15) is 9.90 Å². The second-order valence-corrected chi connectivity index (χ2v) is 7.39. The Morgan fingerprint density at radius 2 is 1.85 bits per heavy atom. The van der Waals surface area contributed by atoms with Crippen molar-refractivity contribution in [2.75, 3.05) is 19.7 Å². The van der Waals surface area contributed by atoms with Crippen LogP contribution in [-0.2, 0) is 4.79 Å². The fourth-order valence-corrected chi connectivity index (χ4v) is 3.73. The lowest BCUT2D eigenvalue weighted by Gasteiger charge is -2.31. The molecule has 1 aliphatic carbocycles. The zero-order valence-corrected chi connectivity index (χ0v) is 16.2. The molecule has 1 aromatic carbocycles. The van der Waals surface area contributed by atoms with E-state index in [2.05, 4.69) is 55.7 Å². The minimum atomic E-state index is -0.384. The summed E-state index contributed by atoms with van der Waals surface area (Å²) < 4.78 is 0. The van der Waals surface area contributed by atoms with E-state index in [4.69, 9.17) is 5.84 Å². The predicted molar refractivity (Wildman–Crippen MR) is 109 cm³/mol. The highest BCUT2D eigenvalue weighted by Crippen LogP contribution is 2.35. The summed E-state index contributed by atoms with van der Waals surface area (Å²) in [5.41, 5.74) is 10.3. The zero-order valence-electron chi connectivity index (χ0n) is 16.2. The van der Waals surface area contributed by atoms with Gasteiger partial charge in [-0.05, 0) is 54.5 Å². The summed E-state index contributed by atoms with van der Waals surface area (Å²) in [7, 11) is 0. The Labute approximate surface area is 161 Å². The second-order valence-electron chi connectivity index (χ2n) is 7.39. The molecule has 0 saturated carbocycles. The maximum Gasteiger partial charge on any atom is 0.224 e. The molecule has 1 aromatic rings. The lowest BCUT2D eigenvalue weighted by molar-refractivity contribution is -0.132. The van der Waals surface area contributed by atoms with Crippen molar-refractivity contribution >= 4 is 17.6 Å². The van der Waals surface area contributed by atoms with Gasteiger partial charge in [0.2, 0.25) is 5.91 Å². The number of fused-ring (bicyclic) bond motifs is 1. The Kier molecular flexibility index (Phi) is 6.26. The number of allylic oxidation sites excluding steroid dienone is 4. The van der Waals surface area contributed by atoms with Crippen LogP contribution in [0, 0.1) is 0 Å². The first-order valence-corrected chi connectivity index (χ1v) is 9.56. The molecule has 1 amide bonds. The molecule has 1 saturated heterocycles. The molecule has 0 bridgehead atoms. The smallest absolute Gasteiger partial charge is 0.224 e. The first-order chi connectivity index (χ1) is 13.0. The van der Waals surface area contributed by atoms with Gasteiger partial charge in [0.15, 0.2) is 0 Å². The standard InChI is InChI=1S/C22H29N3O2/c1-15-11-18-5-3-4-6-20(18)21(12-16(15)2)17-7-9-25(10-8-17)22(27)13-19(14-26)24-23/h3-6,11-12,19,24,26H,7-10,13-14,23H2,1-2H3/t19-/m1/s1. The fraction of sp³-hybridized carbons (Fsp3) is 0.409. The molecule has 3 rings (SSSR count). The number of benzene rings is 1. The van der Waals surface area contributed by atoms with Crippen LogP contribution in [0.5, 0.6) is 0 Å². The van der Waals surface area contributed by atoms with Gasteiger partial charge in [-0.15, -0.1) is 0 Å². The molecule has 5 heteroatoms. The summed E-state index contributed by atoms with van der Waals surface area (Å²) in [5.74, 6) is 5.41. The van der Waals surface area contributed by atoms with Gasteiger partial charge in [-0.2, -0.15) is 0 Å². The molecule has 144 valence electrons. The van der Waals surface area contributed by atoms with Crippen LogP contribution in [0.1, 0.15) is 44.2 Å². The van der Waals surface area contributed by atoms with Gasteiger partial charge in [0.25, 0.3) is 0 Å². The van der Waals surface area contributed by atoms with Crippen LogP contribution in [0.25, 0.3) is 11.6 Å². The summed E-state index contributed by atoms with van der Waals surface area (Å²) in [5, 5.41) is 9.22. The molecule has 0 radical (unpaired) electrons. The molecule has 1 aliphatic heterocycles. The molecule has 0 unspecified atom stereocenters. The number of nitrogens with one attached hydrogen (secondary N) is 1. The number of carbonyl (C=O) groups excluding carboxylic acids is 1. The Hall–Kier alpha value is -2.21. The van der Waals surface area contributed by atoms with Crippen molar-refractivity contribution in [3.63, 3.8) is 0 Å². The normalized spacial score (nSPS) is 18.4. The molecule has 5 nitrogen and oxygen atoms in total. The van der Waals surface area contributed by atoms with E-state index in [1.807, 2.05) is 4.90 Å². The van der Waals surface area contributed by atoms with Crippen LogP contribution in [0.2, 0.25) is 0 Å². The minimum Gasteiger partial charge on any atom is -0.395 e. The molecular weight excluding hydrogens is 338 g/mol. The van der Waals surface area contributed by atoms with Crippen LogP contribution in [0.15, 0.2) is 47.1 Å². The number of rotatable bonds is 4. The monoisotopic (exact) mass is 367 g/mol. The first kappa shape index (κ1) is 19.5. The molecule has 4 N–H and O–H groups in total. The van der Waals surface area contributed by atoms with Crippen LogP contribution < -0.4 is 11.3 Å². The van der Waals surface area contributed by atoms with Gasteiger partial charge in [0.05, 0.1) is 12.6 Å². The quantitative estimate of drug-likeness (QED) is 0.565. The Morgan fingerprint density at radius 3 is 2.52 bits per heavy atom. The number of hydrazine groups is 1. The third-order valence-corrected chi connectivity index (χ3v) is 5.58. The zero-order chi connectivity index (χ0) is 19.4. The molecule has 1 heterocycles. The molecule has 0 spiro atoms. The highest BCUT2D eigenvalue weighted by Gasteiger charge is 2.24. The maximum atomic E-state index is 12.4. The molecule has 1 fully saturated rings. The SMILES string of the molecule is CC1=CC(=C2CCN(C(=O)C[C@H](CO)NN)CC2)c2ccccc2C=C1C. The topological polar surface area (TPSA) is 78.6 Å². The van der Waals surface area contributed by atoms with Crippen LogP contribution in [-0.4, -0.2) is 41.7 Å². The van der Waals surface area contributed by atoms with E-state index >= 15 is 0 Å². The Bertz CT molecular complexity index is 794. The summed E-state index contributed by atoms with van der Waals surface area (Å²) in [6, 6.07) is 8.14. The number of likely N-dealkylation sites (tertiary alicyclic amines) is 1. The lowest BCUT2D eigenvalue weighted by atomic mass is 9.90. The Balaban J connectivity index is 1.80. The van der Waals surface area contributed by atoms with Crippen LogP contribution in [0.3, 0.4) is 0 Å². The van der Waals surface area contributed by atoms with Gasteiger partial charge in [-0.1, -0.05) is 42.0 Å². The highest BCUT2D eigenvalue weighted by atomic mass is 16.3. The largest absolute Gasteiger partial charge is 0.395 e. The summed E-state index contributed by atoms with van der Waals surface area (Å²) >= 11 is 0. The minimum absolute atomic E-state index is 0.0431. The number of piperidine rings is 1. The van der Waals surface area contributed by atoms with Crippen molar-refractivity contribution in [1.82, 2.24) is 10.3 Å². The third kappa shape index (κ3) is 4.38. The van der Waals surface area contributed by atoms with Crippen molar-refractivity contribution in [1.29, 1.82) is 0 Å². The molecule has 0 aromatic heterocycles. The maximum absolute atomic E-state index is 12.4. The van der Waals surface area contributed by atoms with E-state index in [1.165, 1.54) is 33.4 Å². The lowest BCUT2D eigenvalue weighted by Crippen LogP contribution is -2.44. The number of aliphatic hydroxyl groups excluding tert-OH is 1. The van der Waals surface area contributed by atoms with E-state index < -0.39 is 0 Å². The van der Waals surface area contributed by atoms with Crippen molar-refractivity contribution in [3.8, 4) is 0 Å². The average Bonchev–Trinajstić information content (AvgIpc) is 2.82. The van der Waals surface area contributed by atoms with Gasteiger partial charge >= 0.3 is 0 Å². The Morgan fingerprint density at radius 1 is 1.19 bits per heavy atom. The van der Waals surface area contributed by atoms with Crippen LogP contribution in [0.4, 0.5) is 0 Å². The third-order valence-electron chi connectivity index (χ3n) is 5.58. The summed E-state index contributed by atoms with van der Waals surface area (Å²) in [4.78, 5) is 14.3. The van der Waals surface area contributed by atoms with Crippen molar-refractivity contribution in [3.05, 3.63) is 58.2 Å². The number of hydrogen-bond donors (Lipinski definition) is 3.